The molecule has 0 fully saturated rings. The number of nitrogens with zero attached hydrogens (tertiary/aromatic N) is 2. The first kappa shape index (κ1) is 17.4. The van der Waals surface area contributed by atoms with Gasteiger partial charge in [-0.15, -0.1) is 10.2 Å². The van der Waals surface area contributed by atoms with Crippen LogP contribution in [0.3, 0.4) is 0 Å². The maximum absolute atomic E-state index is 12.6. The number of esters is 1. The summed E-state index contributed by atoms with van der Waals surface area (Å²) in [6.45, 7) is 2.01. The molecule has 0 radical (unpaired) electrons. The van der Waals surface area contributed by atoms with Gasteiger partial charge >= 0.3 is 12.0 Å². The third-order valence-electron chi connectivity index (χ3n) is 3.46. The highest BCUT2D eigenvalue weighted by Gasteiger charge is 2.33. The van der Waals surface area contributed by atoms with Gasteiger partial charge in [-0.05, 0) is 12.5 Å². The number of aromatic nitrogens is 2. The summed E-state index contributed by atoms with van der Waals surface area (Å²) >= 11 is 2.81. The molecule has 3 rings (SSSR count). The van der Waals surface area contributed by atoms with Crippen LogP contribution in [-0.2, 0) is 9.53 Å². The molecule has 0 saturated carbocycles. The molecular formula is C16H16N4O3S2. The highest BCUT2D eigenvalue weighted by atomic mass is 32.2. The van der Waals surface area contributed by atoms with Crippen LogP contribution in [0.25, 0.3) is 0 Å². The molecule has 25 heavy (non-hydrogen) atoms. The number of carbonyl (C=O) groups excluding carboxylic acids is 2. The Bertz CT molecular complexity index is 778. The van der Waals surface area contributed by atoms with Crippen molar-refractivity contribution in [1.29, 1.82) is 0 Å². The van der Waals surface area contributed by atoms with Crippen molar-refractivity contribution in [1.82, 2.24) is 20.8 Å². The van der Waals surface area contributed by atoms with E-state index >= 15 is 0 Å². The summed E-state index contributed by atoms with van der Waals surface area (Å²) in [6, 6.07) is 8.43. The summed E-state index contributed by atoms with van der Waals surface area (Å²) in [5.41, 5.74) is 3.39. The molecule has 2 amide bonds. The topological polar surface area (TPSA) is 93.2 Å². The lowest BCUT2D eigenvalue weighted by Gasteiger charge is -2.29. The van der Waals surface area contributed by atoms with E-state index in [9.17, 15) is 9.59 Å². The third-order valence-corrected chi connectivity index (χ3v) is 5.35. The van der Waals surface area contributed by atoms with Gasteiger partial charge in [0.15, 0.2) is 4.34 Å². The first-order valence-electron chi connectivity index (χ1n) is 7.60. The van der Waals surface area contributed by atoms with E-state index in [0.717, 1.165) is 9.90 Å². The average molecular weight is 376 g/mol. The van der Waals surface area contributed by atoms with Gasteiger partial charge in [0.25, 0.3) is 0 Å². The third kappa shape index (κ3) is 4.18. The molecule has 1 unspecified atom stereocenters. The Balaban J connectivity index is 1.96. The van der Waals surface area contributed by atoms with Gasteiger partial charge in [0.1, 0.15) is 5.51 Å². The fourth-order valence-corrected chi connectivity index (χ4v) is 3.89. The standard InChI is InChI=1S/C16H16N4O3S2/c1-2-23-14(21)12-11(8-24-16-20-17-9-25-16)18-15(22)19-13(12)10-6-4-3-5-7-10/h3-7,9,13H,2,8H2,1H3,(H2,18,19,22). The number of carbonyl (C=O) groups is 2. The second kappa shape index (κ2) is 8.13. The van der Waals surface area contributed by atoms with E-state index in [0.29, 0.717) is 17.0 Å². The normalized spacial score (nSPS) is 17.0. The van der Waals surface area contributed by atoms with Crippen LogP contribution < -0.4 is 10.6 Å². The summed E-state index contributed by atoms with van der Waals surface area (Å²) in [4.78, 5) is 24.7. The first-order valence-corrected chi connectivity index (χ1v) is 9.47. The SMILES string of the molecule is CCOC(=O)C1=C(CSc2nncs2)NC(=O)NC1c1ccccc1. The van der Waals surface area contributed by atoms with Crippen LogP contribution in [-0.4, -0.2) is 34.6 Å². The number of urea groups is 1. The van der Waals surface area contributed by atoms with Crippen LogP contribution in [0, 0.1) is 0 Å². The lowest BCUT2D eigenvalue weighted by Crippen LogP contribution is -2.46. The Hall–Kier alpha value is -2.39. The Kier molecular flexibility index (Phi) is 5.67. The van der Waals surface area contributed by atoms with E-state index in [4.69, 9.17) is 4.74 Å². The molecule has 2 aromatic rings. The quantitative estimate of drug-likeness (QED) is 0.594. The molecule has 1 aliphatic rings. The van der Waals surface area contributed by atoms with Gasteiger partial charge in [0, 0.05) is 11.4 Å². The van der Waals surface area contributed by atoms with Crippen LogP contribution in [0.1, 0.15) is 18.5 Å². The maximum atomic E-state index is 12.6. The Morgan fingerprint density at radius 1 is 1.36 bits per heavy atom. The van der Waals surface area contributed by atoms with E-state index in [1.54, 1.807) is 12.4 Å². The number of nitrogens with one attached hydrogen (secondary N) is 2. The van der Waals surface area contributed by atoms with Gasteiger partial charge in [-0.25, -0.2) is 9.59 Å². The minimum absolute atomic E-state index is 0.259. The van der Waals surface area contributed by atoms with Crippen molar-refractivity contribution in [3.05, 3.63) is 52.7 Å². The first-order chi connectivity index (χ1) is 12.2. The maximum Gasteiger partial charge on any atom is 0.338 e. The number of amides is 2. The van der Waals surface area contributed by atoms with Crippen molar-refractivity contribution in [3.8, 4) is 0 Å². The number of thioether (sulfide) groups is 1. The Labute approximate surface area is 152 Å². The molecule has 1 aromatic carbocycles. The van der Waals surface area contributed by atoms with Crippen LogP contribution in [0.15, 0.2) is 51.5 Å². The molecule has 1 atom stereocenters. The van der Waals surface area contributed by atoms with Crippen LogP contribution in [0.4, 0.5) is 4.79 Å². The van der Waals surface area contributed by atoms with Gasteiger partial charge in [-0.3, -0.25) is 0 Å². The van der Waals surface area contributed by atoms with Gasteiger partial charge in [0.05, 0.1) is 18.2 Å². The average Bonchev–Trinajstić information content (AvgIpc) is 3.14. The van der Waals surface area contributed by atoms with Crippen molar-refractivity contribution in [2.45, 2.75) is 17.3 Å². The zero-order valence-corrected chi connectivity index (χ0v) is 15.0. The van der Waals surface area contributed by atoms with Gasteiger partial charge in [-0.2, -0.15) is 0 Å². The molecule has 7 nitrogen and oxygen atoms in total. The zero-order valence-electron chi connectivity index (χ0n) is 13.4. The van der Waals surface area contributed by atoms with Crippen LogP contribution >= 0.6 is 23.1 Å². The van der Waals surface area contributed by atoms with Crippen LogP contribution in [0.5, 0.6) is 0 Å². The molecule has 0 bridgehead atoms. The van der Waals surface area contributed by atoms with Crippen molar-refractivity contribution in [2.75, 3.05) is 12.4 Å². The minimum Gasteiger partial charge on any atom is -0.463 e. The number of ether oxygens (including phenoxy) is 1. The second-order valence-electron chi connectivity index (χ2n) is 5.05. The van der Waals surface area contributed by atoms with Gasteiger partial charge < -0.3 is 15.4 Å². The van der Waals surface area contributed by atoms with E-state index in [2.05, 4.69) is 20.8 Å². The molecular weight excluding hydrogens is 360 g/mol. The predicted octanol–water partition coefficient (Wildman–Crippen LogP) is 2.50. The van der Waals surface area contributed by atoms with E-state index in [1.165, 1.54) is 23.1 Å². The highest BCUT2D eigenvalue weighted by Crippen LogP contribution is 2.30. The lowest BCUT2D eigenvalue weighted by molar-refractivity contribution is -0.139. The Morgan fingerprint density at radius 3 is 2.84 bits per heavy atom. The van der Waals surface area contributed by atoms with Crippen molar-refractivity contribution < 1.29 is 14.3 Å². The van der Waals surface area contributed by atoms with Crippen molar-refractivity contribution in [3.63, 3.8) is 0 Å². The van der Waals surface area contributed by atoms with Crippen molar-refractivity contribution in [2.24, 2.45) is 0 Å². The smallest absolute Gasteiger partial charge is 0.338 e. The largest absolute Gasteiger partial charge is 0.463 e. The molecule has 1 aromatic heterocycles. The molecule has 0 saturated heterocycles. The summed E-state index contributed by atoms with van der Waals surface area (Å²) in [6.07, 6.45) is 0. The minimum atomic E-state index is -0.556. The molecule has 2 N–H and O–H groups in total. The molecule has 130 valence electrons. The highest BCUT2D eigenvalue weighted by molar-refractivity contribution is 8.01. The number of rotatable bonds is 6. The van der Waals surface area contributed by atoms with E-state index < -0.39 is 12.0 Å². The van der Waals surface area contributed by atoms with Gasteiger partial charge in [-0.1, -0.05) is 53.4 Å². The fraction of sp³-hybridized carbons (Fsp3) is 0.250. The van der Waals surface area contributed by atoms with Gasteiger partial charge in [0.2, 0.25) is 0 Å². The molecule has 9 heteroatoms. The molecule has 2 heterocycles. The summed E-state index contributed by atoms with van der Waals surface area (Å²) in [5.74, 6) is -0.0585. The van der Waals surface area contributed by atoms with E-state index in [-0.39, 0.29) is 12.6 Å². The number of hydrogen-bond donors (Lipinski definition) is 2. The fourth-order valence-electron chi connectivity index (χ4n) is 2.44. The Morgan fingerprint density at radius 2 is 2.16 bits per heavy atom. The summed E-state index contributed by atoms with van der Waals surface area (Å²) in [7, 11) is 0. The van der Waals surface area contributed by atoms with Crippen molar-refractivity contribution >= 4 is 35.1 Å². The lowest BCUT2D eigenvalue weighted by atomic mass is 9.95. The molecule has 0 spiro atoms. The second-order valence-corrected chi connectivity index (χ2v) is 7.10. The number of benzene rings is 1. The summed E-state index contributed by atoms with van der Waals surface area (Å²) < 4.78 is 5.98. The monoisotopic (exact) mass is 376 g/mol. The summed E-state index contributed by atoms with van der Waals surface area (Å²) in [5, 5.41) is 13.3. The molecule has 0 aliphatic carbocycles. The zero-order chi connectivity index (χ0) is 17.6. The van der Waals surface area contributed by atoms with Crippen LogP contribution in [0.2, 0.25) is 0 Å². The predicted molar refractivity (Wildman–Crippen MR) is 95.1 cm³/mol. The number of hydrogen-bond acceptors (Lipinski definition) is 7. The van der Waals surface area contributed by atoms with E-state index in [1.807, 2.05) is 30.3 Å². The molecule has 1 aliphatic heterocycles.